The number of allylic oxidation sites excluding steroid dienone is 1. The fourth-order valence-corrected chi connectivity index (χ4v) is 2.37. The van der Waals surface area contributed by atoms with Crippen LogP contribution >= 0.6 is 23.2 Å². The minimum atomic E-state index is 0.176. The van der Waals surface area contributed by atoms with Crippen molar-refractivity contribution in [1.82, 2.24) is 4.90 Å². The van der Waals surface area contributed by atoms with Gasteiger partial charge < -0.3 is 0 Å². The van der Waals surface area contributed by atoms with Crippen LogP contribution in [0.3, 0.4) is 0 Å². The maximum atomic E-state index is 5.98. The fourth-order valence-electron chi connectivity index (χ4n) is 1.91. The van der Waals surface area contributed by atoms with Gasteiger partial charge in [-0.3, -0.25) is 4.90 Å². The summed E-state index contributed by atoms with van der Waals surface area (Å²) in [5.41, 5.74) is 2.28. The molecule has 0 aliphatic carbocycles. The van der Waals surface area contributed by atoms with E-state index in [4.69, 9.17) is 23.2 Å². The third-order valence-electron chi connectivity index (χ3n) is 3.51. The molecule has 0 aliphatic heterocycles. The van der Waals surface area contributed by atoms with Crippen molar-refractivity contribution >= 4 is 23.2 Å². The van der Waals surface area contributed by atoms with E-state index in [-0.39, 0.29) is 5.92 Å². The average Bonchev–Trinajstić information content (AvgIpc) is 2.43. The Kier molecular flexibility index (Phi) is 6.64. The normalized spacial score (nSPS) is 14.0. The van der Waals surface area contributed by atoms with Gasteiger partial charge in [0.2, 0.25) is 0 Å². The van der Waals surface area contributed by atoms with Gasteiger partial charge in [0, 0.05) is 12.6 Å². The largest absolute Gasteiger partial charge is 0.296 e. The Balaban J connectivity index is 2.81. The van der Waals surface area contributed by atoms with E-state index in [1.54, 1.807) is 0 Å². The van der Waals surface area contributed by atoms with Crippen LogP contribution in [0.5, 0.6) is 0 Å². The molecule has 1 aromatic rings. The Morgan fingerprint density at radius 2 is 1.84 bits per heavy atom. The van der Waals surface area contributed by atoms with Crippen LogP contribution in [0.2, 0.25) is 0 Å². The first-order chi connectivity index (χ1) is 8.97. The molecule has 0 bridgehead atoms. The van der Waals surface area contributed by atoms with E-state index in [1.165, 1.54) is 5.56 Å². The van der Waals surface area contributed by atoms with E-state index in [1.807, 2.05) is 19.1 Å². The number of rotatable bonds is 6. The molecule has 0 saturated carbocycles. The summed E-state index contributed by atoms with van der Waals surface area (Å²) in [6.45, 7) is 8.76. The molecule has 0 spiro atoms. The van der Waals surface area contributed by atoms with Crippen molar-refractivity contribution < 1.29 is 0 Å². The highest BCUT2D eigenvalue weighted by Crippen LogP contribution is 2.26. The second-order valence-corrected chi connectivity index (χ2v) is 5.76. The molecule has 0 saturated heterocycles. The molecule has 1 aromatic carbocycles. The number of hydrogen-bond donors (Lipinski definition) is 0. The standard InChI is InChI=1S/C16H21Cl2N/c1-5-12(2)15(16(17)18)11-19(4)13(3)14-9-7-6-8-10-14/h5-10,12-13H,1,11H2,2-4H3/t12-,13-/m1/s1. The SMILES string of the molecule is C=C[C@@H](C)C(CN(C)[C@H](C)c1ccccc1)=C(Cl)Cl. The molecule has 19 heavy (non-hydrogen) atoms. The second-order valence-electron chi connectivity index (χ2n) is 4.81. The highest BCUT2D eigenvalue weighted by molar-refractivity contribution is 6.56. The number of likely N-dealkylation sites (N-methyl/N-ethyl adjacent to an activating group) is 1. The van der Waals surface area contributed by atoms with Gasteiger partial charge >= 0.3 is 0 Å². The molecule has 0 radical (unpaired) electrons. The number of nitrogens with zero attached hydrogens (tertiary/aromatic N) is 1. The van der Waals surface area contributed by atoms with Crippen molar-refractivity contribution in [3.05, 3.63) is 58.6 Å². The lowest BCUT2D eigenvalue weighted by Gasteiger charge is -2.27. The van der Waals surface area contributed by atoms with Crippen molar-refractivity contribution in [2.75, 3.05) is 13.6 Å². The van der Waals surface area contributed by atoms with Crippen LogP contribution in [-0.4, -0.2) is 18.5 Å². The summed E-state index contributed by atoms with van der Waals surface area (Å²) in [5.74, 6) is 0.176. The van der Waals surface area contributed by atoms with Crippen LogP contribution in [0.25, 0.3) is 0 Å². The number of hydrogen-bond acceptors (Lipinski definition) is 1. The van der Waals surface area contributed by atoms with E-state index in [0.29, 0.717) is 10.5 Å². The van der Waals surface area contributed by atoms with Gasteiger partial charge in [0.15, 0.2) is 0 Å². The van der Waals surface area contributed by atoms with Crippen LogP contribution < -0.4 is 0 Å². The fraction of sp³-hybridized carbons (Fsp3) is 0.375. The van der Waals surface area contributed by atoms with Gasteiger partial charge in [-0.15, -0.1) is 6.58 Å². The molecule has 0 heterocycles. The van der Waals surface area contributed by atoms with Gasteiger partial charge in [-0.25, -0.2) is 0 Å². The third-order valence-corrected chi connectivity index (χ3v) is 3.99. The third kappa shape index (κ3) is 4.68. The van der Waals surface area contributed by atoms with Gasteiger partial charge in [0.1, 0.15) is 4.49 Å². The monoisotopic (exact) mass is 297 g/mol. The summed E-state index contributed by atoms with van der Waals surface area (Å²) in [5, 5.41) is 0. The predicted octanol–water partition coefficient (Wildman–Crippen LogP) is 5.19. The Morgan fingerprint density at radius 1 is 1.26 bits per heavy atom. The summed E-state index contributed by atoms with van der Waals surface area (Å²) in [4.78, 5) is 2.23. The maximum absolute atomic E-state index is 5.98. The van der Waals surface area contributed by atoms with Crippen LogP contribution in [0.15, 0.2) is 53.1 Å². The molecular weight excluding hydrogens is 277 g/mol. The summed E-state index contributed by atoms with van der Waals surface area (Å²) < 4.78 is 0.347. The van der Waals surface area contributed by atoms with Crippen LogP contribution in [0.1, 0.15) is 25.5 Å². The van der Waals surface area contributed by atoms with Crippen molar-refractivity contribution in [3.63, 3.8) is 0 Å². The zero-order chi connectivity index (χ0) is 14.4. The Hall–Kier alpha value is -0.760. The highest BCUT2D eigenvalue weighted by atomic mass is 35.5. The molecule has 3 heteroatoms. The number of halogens is 2. The molecule has 0 aliphatic rings. The minimum absolute atomic E-state index is 0.176. The zero-order valence-electron chi connectivity index (χ0n) is 11.7. The minimum Gasteiger partial charge on any atom is -0.296 e. The molecule has 0 amide bonds. The highest BCUT2D eigenvalue weighted by Gasteiger charge is 2.17. The lowest BCUT2D eigenvalue weighted by atomic mass is 10.0. The predicted molar refractivity (Wildman–Crippen MR) is 85.6 cm³/mol. The second kappa shape index (κ2) is 7.74. The van der Waals surface area contributed by atoms with Gasteiger partial charge in [-0.2, -0.15) is 0 Å². The summed E-state index contributed by atoms with van der Waals surface area (Å²) in [7, 11) is 2.07. The molecule has 0 N–H and O–H groups in total. The molecule has 2 atom stereocenters. The maximum Gasteiger partial charge on any atom is 0.107 e. The van der Waals surface area contributed by atoms with Gasteiger partial charge in [-0.1, -0.05) is 66.5 Å². The molecular formula is C16H21Cl2N. The van der Waals surface area contributed by atoms with Crippen LogP contribution in [0.4, 0.5) is 0 Å². The van der Waals surface area contributed by atoms with Crippen LogP contribution in [0, 0.1) is 5.92 Å². The first-order valence-electron chi connectivity index (χ1n) is 6.39. The Bertz CT molecular complexity index is 435. The topological polar surface area (TPSA) is 3.24 Å². The smallest absolute Gasteiger partial charge is 0.107 e. The first-order valence-corrected chi connectivity index (χ1v) is 7.14. The Labute approximate surface area is 126 Å². The summed E-state index contributed by atoms with van der Waals surface area (Å²) >= 11 is 12.0. The molecule has 0 unspecified atom stereocenters. The molecule has 1 nitrogen and oxygen atoms in total. The van der Waals surface area contributed by atoms with E-state index in [2.05, 4.69) is 49.7 Å². The van der Waals surface area contributed by atoms with Crippen LogP contribution in [-0.2, 0) is 0 Å². The van der Waals surface area contributed by atoms with Gasteiger partial charge in [0.05, 0.1) is 0 Å². The quantitative estimate of drug-likeness (QED) is 0.653. The van der Waals surface area contributed by atoms with E-state index < -0.39 is 0 Å². The Morgan fingerprint density at radius 3 is 2.32 bits per heavy atom. The van der Waals surface area contributed by atoms with Crippen molar-refractivity contribution in [2.45, 2.75) is 19.9 Å². The van der Waals surface area contributed by atoms with E-state index >= 15 is 0 Å². The van der Waals surface area contributed by atoms with E-state index in [9.17, 15) is 0 Å². The molecule has 104 valence electrons. The van der Waals surface area contributed by atoms with Gasteiger partial charge in [0.25, 0.3) is 0 Å². The van der Waals surface area contributed by atoms with Gasteiger partial charge in [-0.05, 0) is 31.0 Å². The molecule has 0 aromatic heterocycles. The van der Waals surface area contributed by atoms with Crippen molar-refractivity contribution in [2.24, 2.45) is 5.92 Å². The zero-order valence-corrected chi connectivity index (χ0v) is 13.2. The number of benzene rings is 1. The molecule has 1 rings (SSSR count). The molecule has 0 fully saturated rings. The summed E-state index contributed by atoms with van der Waals surface area (Å²) in [6, 6.07) is 10.7. The van der Waals surface area contributed by atoms with E-state index in [0.717, 1.165) is 12.1 Å². The lowest BCUT2D eigenvalue weighted by molar-refractivity contribution is 0.278. The van der Waals surface area contributed by atoms with Crippen molar-refractivity contribution in [1.29, 1.82) is 0 Å². The first kappa shape index (κ1) is 16.3. The van der Waals surface area contributed by atoms with Crippen molar-refractivity contribution in [3.8, 4) is 0 Å². The summed E-state index contributed by atoms with van der Waals surface area (Å²) in [6.07, 6.45) is 1.86. The lowest BCUT2D eigenvalue weighted by Crippen LogP contribution is -2.26. The average molecular weight is 298 g/mol.